The van der Waals surface area contributed by atoms with Gasteiger partial charge in [-0.2, -0.15) is 5.10 Å². The van der Waals surface area contributed by atoms with Crippen molar-refractivity contribution in [1.82, 2.24) is 5.43 Å². The monoisotopic (exact) mass is 286 g/mol. The summed E-state index contributed by atoms with van der Waals surface area (Å²) in [6.07, 6.45) is 0.849. The highest BCUT2D eigenvalue weighted by molar-refractivity contribution is 6.42. The zero-order valence-corrected chi connectivity index (χ0v) is 12.1. The first-order valence-corrected chi connectivity index (χ1v) is 6.44. The molecule has 5 heteroatoms. The van der Waals surface area contributed by atoms with Gasteiger partial charge in [0.15, 0.2) is 0 Å². The minimum Gasteiger partial charge on any atom is -0.267 e. The average molecular weight is 287 g/mol. The Balaban J connectivity index is 2.68. The van der Waals surface area contributed by atoms with Crippen LogP contribution in [0.3, 0.4) is 0 Å². The molecule has 3 nitrogen and oxygen atoms in total. The second-order valence-corrected chi connectivity index (χ2v) is 5.33. The normalized spacial score (nSPS) is 11.8. The summed E-state index contributed by atoms with van der Waals surface area (Å²) in [4.78, 5) is 11.8. The molecule has 18 heavy (non-hydrogen) atoms. The van der Waals surface area contributed by atoms with Crippen LogP contribution in [-0.4, -0.2) is 11.6 Å². The van der Waals surface area contributed by atoms with Gasteiger partial charge in [-0.25, -0.2) is 5.43 Å². The molecule has 0 saturated carbocycles. The van der Waals surface area contributed by atoms with Gasteiger partial charge in [-0.15, -0.1) is 0 Å². The lowest BCUT2D eigenvalue weighted by Crippen LogP contribution is -2.19. The van der Waals surface area contributed by atoms with Gasteiger partial charge in [-0.3, -0.25) is 4.79 Å². The van der Waals surface area contributed by atoms with E-state index < -0.39 is 0 Å². The summed E-state index contributed by atoms with van der Waals surface area (Å²) < 4.78 is 0. The molecule has 1 aromatic carbocycles. The highest BCUT2D eigenvalue weighted by Gasteiger charge is 2.07. The van der Waals surface area contributed by atoms with Crippen molar-refractivity contribution in [3.05, 3.63) is 33.8 Å². The molecule has 0 aliphatic carbocycles. The second-order valence-electron chi connectivity index (χ2n) is 4.51. The van der Waals surface area contributed by atoms with Gasteiger partial charge >= 0.3 is 0 Å². The molecule has 0 heterocycles. The SMILES string of the molecule is CC(CC(C)C)=NNC(=O)c1ccc(Cl)c(Cl)c1. The fraction of sp³-hybridized carbons (Fsp3) is 0.385. The van der Waals surface area contributed by atoms with E-state index in [9.17, 15) is 4.79 Å². The fourth-order valence-electron chi connectivity index (χ4n) is 1.48. The van der Waals surface area contributed by atoms with Gasteiger partial charge in [0.25, 0.3) is 5.91 Å². The summed E-state index contributed by atoms with van der Waals surface area (Å²) in [5, 5.41) is 4.81. The van der Waals surface area contributed by atoms with E-state index in [0.29, 0.717) is 21.5 Å². The molecule has 98 valence electrons. The summed E-state index contributed by atoms with van der Waals surface area (Å²) in [6.45, 7) is 6.08. The molecule has 1 aromatic rings. The van der Waals surface area contributed by atoms with Gasteiger partial charge in [0, 0.05) is 11.3 Å². The molecular formula is C13H16Cl2N2O. The number of halogens is 2. The molecule has 0 bridgehead atoms. The predicted molar refractivity (Wildman–Crippen MR) is 76.5 cm³/mol. The minimum atomic E-state index is -0.295. The lowest BCUT2D eigenvalue weighted by molar-refractivity contribution is 0.0954. The van der Waals surface area contributed by atoms with Crippen molar-refractivity contribution in [3.63, 3.8) is 0 Å². The van der Waals surface area contributed by atoms with E-state index in [1.54, 1.807) is 12.1 Å². The van der Waals surface area contributed by atoms with Gasteiger partial charge in [-0.1, -0.05) is 37.0 Å². The maximum atomic E-state index is 11.8. The van der Waals surface area contributed by atoms with Crippen LogP contribution in [0.15, 0.2) is 23.3 Å². The molecule has 0 unspecified atom stereocenters. The predicted octanol–water partition coefficient (Wildman–Crippen LogP) is 4.15. The maximum Gasteiger partial charge on any atom is 0.271 e. The number of rotatable bonds is 4. The highest BCUT2D eigenvalue weighted by atomic mass is 35.5. The topological polar surface area (TPSA) is 41.5 Å². The quantitative estimate of drug-likeness (QED) is 0.656. The molecule has 1 N–H and O–H groups in total. The van der Waals surface area contributed by atoms with Gasteiger partial charge in [-0.05, 0) is 37.5 Å². The Hall–Kier alpha value is -1.06. The lowest BCUT2D eigenvalue weighted by atomic mass is 10.1. The van der Waals surface area contributed by atoms with E-state index >= 15 is 0 Å². The molecule has 0 aliphatic rings. The van der Waals surface area contributed by atoms with E-state index in [0.717, 1.165) is 12.1 Å². The van der Waals surface area contributed by atoms with Crippen molar-refractivity contribution in [1.29, 1.82) is 0 Å². The standard InChI is InChI=1S/C13H16Cl2N2O/c1-8(2)6-9(3)16-17-13(18)10-4-5-11(14)12(15)7-10/h4-5,7-8H,6H2,1-3H3,(H,17,18). The summed E-state index contributed by atoms with van der Waals surface area (Å²) in [6, 6.07) is 4.72. The van der Waals surface area contributed by atoms with E-state index in [1.165, 1.54) is 6.07 Å². The molecule has 0 radical (unpaired) electrons. The van der Waals surface area contributed by atoms with Crippen LogP contribution < -0.4 is 5.43 Å². The van der Waals surface area contributed by atoms with Crippen molar-refractivity contribution in [2.24, 2.45) is 11.0 Å². The largest absolute Gasteiger partial charge is 0.271 e. The van der Waals surface area contributed by atoms with Crippen molar-refractivity contribution in [3.8, 4) is 0 Å². The van der Waals surface area contributed by atoms with Crippen LogP contribution in [0.5, 0.6) is 0 Å². The molecule has 0 aliphatic heterocycles. The number of amides is 1. The fourth-order valence-corrected chi connectivity index (χ4v) is 1.78. The number of carbonyl (C=O) groups is 1. The number of nitrogens with zero attached hydrogens (tertiary/aromatic N) is 1. The van der Waals surface area contributed by atoms with E-state index in [-0.39, 0.29) is 5.91 Å². The minimum absolute atomic E-state index is 0.295. The van der Waals surface area contributed by atoms with Gasteiger partial charge in [0.2, 0.25) is 0 Å². The third-order valence-electron chi connectivity index (χ3n) is 2.23. The molecule has 0 saturated heterocycles. The van der Waals surface area contributed by atoms with Crippen LogP contribution in [0, 0.1) is 5.92 Å². The number of hydrogen-bond acceptors (Lipinski definition) is 2. The second kappa shape index (κ2) is 6.76. The Morgan fingerprint density at radius 3 is 2.56 bits per heavy atom. The van der Waals surface area contributed by atoms with Crippen LogP contribution >= 0.6 is 23.2 Å². The number of hydrazone groups is 1. The number of carbonyl (C=O) groups excluding carboxylic acids is 1. The zero-order chi connectivity index (χ0) is 13.7. The van der Waals surface area contributed by atoms with Crippen molar-refractivity contribution in [2.75, 3.05) is 0 Å². The number of hydrogen-bond donors (Lipinski definition) is 1. The first kappa shape index (κ1) is 15.0. The van der Waals surface area contributed by atoms with E-state index in [1.807, 2.05) is 6.92 Å². The van der Waals surface area contributed by atoms with Gasteiger partial charge in [0.05, 0.1) is 10.0 Å². The Morgan fingerprint density at radius 2 is 2.00 bits per heavy atom. The summed E-state index contributed by atoms with van der Waals surface area (Å²) in [7, 11) is 0. The zero-order valence-electron chi connectivity index (χ0n) is 10.6. The molecular weight excluding hydrogens is 271 g/mol. The first-order chi connectivity index (χ1) is 8.40. The third kappa shape index (κ3) is 4.67. The summed E-state index contributed by atoms with van der Waals surface area (Å²) in [5.74, 6) is 0.215. The lowest BCUT2D eigenvalue weighted by Gasteiger charge is -2.05. The molecule has 0 spiro atoms. The van der Waals surface area contributed by atoms with Crippen LogP contribution in [-0.2, 0) is 0 Å². The first-order valence-electron chi connectivity index (χ1n) is 5.68. The molecule has 1 rings (SSSR count). The summed E-state index contributed by atoms with van der Waals surface area (Å²) >= 11 is 11.6. The molecule has 0 atom stereocenters. The van der Waals surface area contributed by atoms with E-state index in [2.05, 4.69) is 24.4 Å². The van der Waals surface area contributed by atoms with Crippen LogP contribution in [0.25, 0.3) is 0 Å². The molecule has 0 fully saturated rings. The number of benzene rings is 1. The van der Waals surface area contributed by atoms with Gasteiger partial charge in [0.1, 0.15) is 0 Å². The maximum absolute atomic E-state index is 11.8. The Bertz CT molecular complexity index is 470. The Kier molecular flexibility index (Phi) is 5.63. The Labute approximate surface area is 117 Å². The van der Waals surface area contributed by atoms with Crippen LogP contribution in [0.2, 0.25) is 10.0 Å². The van der Waals surface area contributed by atoms with Crippen molar-refractivity contribution < 1.29 is 4.79 Å². The van der Waals surface area contributed by atoms with Crippen LogP contribution in [0.1, 0.15) is 37.6 Å². The average Bonchev–Trinajstić information content (AvgIpc) is 2.28. The number of nitrogens with one attached hydrogen (secondary N) is 1. The van der Waals surface area contributed by atoms with Crippen molar-refractivity contribution >= 4 is 34.8 Å². The Morgan fingerprint density at radius 1 is 1.33 bits per heavy atom. The van der Waals surface area contributed by atoms with Crippen LogP contribution in [0.4, 0.5) is 0 Å². The highest BCUT2D eigenvalue weighted by Crippen LogP contribution is 2.22. The van der Waals surface area contributed by atoms with E-state index in [4.69, 9.17) is 23.2 Å². The van der Waals surface area contributed by atoms with Gasteiger partial charge < -0.3 is 0 Å². The molecule has 0 aromatic heterocycles. The van der Waals surface area contributed by atoms with Crippen molar-refractivity contribution in [2.45, 2.75) is 27.2 Å². The molecule has 1 amide bonds. The smallest absolute Gasteiger partial charge is 0.267 e. The summed E-state index contributed by atoms with van der Waals surface area (Å²) in [5.41, 5.74) is 3.82. The third-order valence-corrected chi connectivity index (χ3v) is 2.97.